The van der Waals surface area contributed by atoms with Crippen molar-refractivity contribution < 1.29 is 9.90 Å². The van der Waals surface area contributed by atoms with Gasteiger partial charge in [0.2, 0.25) is 0 Å². The lowest BCUT2D eigenvalue weighted by atomic mass is 9.86. The van der Waals surface area contributed by atoms with Gasteiger partial charge in [-0.05, 0) is 25.0 Å². The highest BCUT2D eigenvalue weighted by Gasteiger charge is 2.39. The maximum Gasteiger partial charge on any atom is 0.270 e. The molecule has 1 aromatic heterocycles. The van der Waals surface area contributed by atoms with E-state index < -0.39 is 0 Å². The number of aliphatic hydroxyl groups is 1. The Bertz CT molecular complexity index is 452. The normalized spacial score (nSPS) is 27.2. The van der Waals surface area contributed by atoms with E-state index in [0.29, 0.717) is 10.8 Å². The van der Waals surface area contributed by atoms with Gasteiger partial charge in [-0.25, -0.2) is 4.98 Å². The van der Waals surface area contributed by atoms with Crippen molar-refractivity contribution in [3.05, 3.63) is 29.0 Å². The van der Waals surface area contributed by atoms with Crippen LogP contribution in [0.3, 0.4) is 0 Å². The third kappa shape index (κ3) is 2.65. The zero-order valence-corrected chi connectivity index (χ0v) is 11.1. The number of pyridine rings is 1. The summed E-state index contributed by atoms with van der Waals surface area (Å²) < 4.78 is 0. The molecule has 0 aliphatic heterocycles. The number of carbonyl (C=O) groups is 1. The van der Waals surface area contributed by atoms with Gasteiger partial charge in [-0.1, -0.05) is 31.0 Å². The van der Waals surface area contributed by atoms with Crippen LogP contribution in [-0.4, -0.2) is 28.6 Å². The van der Waals surface area contributed by atoms with Crippen LogP contribution in [0.5, 0.6) is 0 Å². The van der Waals surface area contributed by atoms with E-state index in [1.54, 1.807) is 18.2 Å². The summed E-state index contributed by atoms with van der Waals surface area (Å²) in [6.07, 6.45) is 2.84. The second kappa shape index (κ2) is 5.24. The van der Waals surface area contributed by atoms with Crippen LogP contribution >= 0.6 is 11.6 Å². The van der Waals surface area contributed by atoms with E-state index >= 15 is 0 Å². The van der Waals surface area contributed by atoms with Gasteiger partial charge >= 0.3 is 0 Å². The summed E-state index contributed by atoms with van der Waals surface area (Å²) in [6, 6.07) is 4.96. The minimum Gasteiger partial charge on any atom is -0.396 e. The third-order valence-electron chi connectivity index (χ3n) is 3.70. The Balaban J connectivity index is 2.08. The Hall–Kier alpha value is -1.13. The molecule has 98 valence electrons. The van der Waals surface area contributed by atoms with Crippen LogP contribution < -0.4 is 5.32 Å². The zero-order valence-electron chi connectivity index (χ0n) is 10.3. The Morgan fingerprint density at radius 2 is 2.44 bits per heavy atom. The van der Waals surface area contributed by atoms with Gasteiger partial charge in [0.15, 0.2) is 0 Å². The fraction of sp³-hybridized carbons (Fsp3) is 0.538. The Kier molecular flexibility index (Phi) is 3.88. The van der Waals surface area contributed by atoms with Crippen molar-refractivity contribution in [1.29, 1.82) is 0 Å². The number of nitrogens with one attached hydrogen (secondary N) is 1. The smallest absolute Gasteiger partial charge is 0.270 e. The average molecular weight is 269 g/mol. The van der Waals surface area contributed by atoms with Crippen molar-refractivity contribution in [2.45, 2.75) is 32.2 Å². The second-order valence-corrected chi connectivity index (χ2v) is 5.46. The minimum atomic E-state index is -0.232. The molecular formula is C13H17ClN2O2. The number of carbonyl (C=O) groups excluding carboxylic acids is 1. The van der Waals surface area contributed by atoms with Gasteiger partial charge in [-0.15, -0.1) is 0 Å². The van der Waals surface area contributed by atoms with Crippen LogP contribution in [0.15, 0.2) is 18.2 Å². The molecule has 2 unspecified atom stereocenters. The van der Waals surface area contributed by atoms with E-state index in [1.165, 1.54) is 0 Å². The highest BCUT2D eigenvalue weighted by Crippen LogP contribution is 2.37. The van der Waals surface area contributed by atoms with Gasteiger partial charge in [0.05, 0.1) is 6.61 Å². The van der Waals surface area contributed by atoms with Crippen molar-refractivity contribution in [3.8, 4) is 0 Å². The Morgan fingerprint density at radius 3 is 3.11 bits per heavy atom. The van der Waals surface area contributed by atoms with Crippen LogP contribution in [0.2, 0.25) is 5.15 Å². The standard InChI is InChI=1S/C13H17ClN2O2/c1-13(8-17)7-3-5-10(13)16-12(18)9-4-2-6-11(14)15-9/h2,4,6,10,17H,3,5,7-8H2,1H3,(H,16,18). The first kappa shape index (κ1) is 13.3. The van der Waals surface area contributed by atoms with Gasteiger partial charge in [-0.3, -0.25) is 4.79 Å². The summed E-state index contributed by atoms with van der Waals surface area (Å²) in [7, 11) is 0. The predicted molar refractivity (Wildman–Crippen MR) is 69.5 cm³/mol. The molecule has 1 aliphatic rings. The molecule has 0 spiro atoms. The average Bonchev–Trinajstić information content (AvgIpc) is 2.72. The van der Waals surface area contributed by atoms with E-state index in [4.69, 9.17) is 11.6 Å². The van der Waals surface area contributed by atoms with Crippen LogP contribution in [-0.2, 0) is 0 Å². The maximum absolute atomic E-state index is 12.0. The number of aromatic nitrogens is 1. The lowest BCUT2D eigenvalue weighted by Crippen LogP contribution is -2.45. The van der Waals surface area contributed by atoms with Crippen LogP contribution in [0.1, 0.15) is 36.7 Å². The first-order valence-electron chi connectivity index (χ1n) is 6.09. The number of amides is 1. The van der Waals surface area contributed by atoms with E-state index in [9.17, 15) is 9.90 Å². The first-order valence-corrected chi connectivity index (χ1v) is 6.47. The molecule has 0 aromatic carbocycles. The van der Waals surface area contributed by atoms with E-state index in [-0.39, 0.29) is 24.0 Å². The SMILES string of the molecule is CC1(CO)CCCC1NC(=O)c1cccc(Cl)n1. The Labute approximate surface area is 111 Å². The van der Waals surface area contributed by atoms with Crippen LogP contribution in [0.25, 0.3) is 0 Å². The molecule has 0 saturated heterocycles. The zero-order chi connectivity index (χ0) is 13.2. The van der Waals surface area contributed by atoms with Gasteiger partial charge in [-0.2, -0.15) is 0 Å². The summed E-state index contributed by atoms with van der Waals surface area (Å²) in [5, 5.41) is 12.7. The molecule has 0 radical (unpaired) electrons. The molecule has 1 heterocycles. The molecule has 5 heteroatoms. The molecule has 18 heavy (non-hydrogen) atoms. The number of aliphatic hydroxyl groups excluding tert-OH is 1. The molecule has 1 saturated carbocycles. The molecular weight excluding hydrogens is 252 g/mol. The van der Waals surface area contributed by atoms with Gasteiger partial charge < -0.3 is 10.4 Å². The summed E-state index contributed by atoms with van der Waals surface area (Å²) in [5.41, 5.74) is 0.0866. The molecule has 2 N–H and O–H groups in total. The van der Waals surface area contributed by atoms with Crippen molar-refractivity contribution in [2.24, 2.45) is 5.41 Å². The van der Waals surface area contributed by atoms with Gasteiger partial charge in [0.1, 0.15) is 10.8 Å². The van der Waals surface area contributed by atoms with Gasteiger partial charge in [0.25, 0.3) is 5.91 Å². The number of halogens is 1. The highest BCUT2D eigenvalue weighted by molar-refractivity contribution is 6.29. The lowest BCUT2D eigenvalue weighted by Gasteiger charge is -2.29. The van der Waals surface area contributed by atoms with E-state index in [2.05, 4.69) is 10.3 Å². The quantitative estimate of drug-likeness (QED) is 0.825. The fourth-order valence-corrected chi connectivity index (χ4v) is 2.60. The summed E-state index contributed by atoms with van der Waals surface area (Å²) >= 11 is 5.76. The van der Waals surface area contributed by atoms with Crippen molar-refractivity contribution >= 4 is 17.5 Å². The maximum atomic E-state index is 12.0. The summed E-state index contributed by atoms with van der Waals surface area (Å²) in [6.45, 7) is 2.08. The van der Waals surface area contributed by atoms with E-state index in [1.807, 2.05) is 6.92 Å². The molecule has 1 aliphatic carbocycles. The first-order chi connectivity index (χ1) is 8.55. The van der Waals surface area contributed by atoms with Gasteiger partial charge in [0, 0.05) is 11.5 Å². The molecule has 4 nitrogen and oxygen atoms in total. The lowest BCUT2D eigenvalue weighted by molar-refractivity contribution is 0.0826. The largest absolute Gasteiger partial charge is 0.396 e. The number of hydrogen-bond acceptors (Lipinski definition) is 3. The van der Waals surface area contributed by atoms with Crippen LogP contribution in [0.4, 0.5) is 0 Å². The molecule has 2 rings (SSSR count). The number of hydrogen-bond donors (Lipinski definition) is 2. The summed E-state index contributed by atoms with van der Waals surface area (Å²) in [5.74, 6) is -0.232. The van der Waals surface area contributed by atoms with Crippen molar-refractivity contribution in [1.82, 2.24) is 10.3 Å². The fourth-order valence-electron chi connectivity index (χ4n) is 2.44. The molecule has 0 bridgehead atoms. The molecule has 1 fully saturated rings. The summed E-state index contributed by atoms with van der Waals surface area (Å²) in [4.78, 5) is 16.0. The molecule has 1 aromatic rings. The van der Waals surface area contributed by atoms with Crippen molar-refractivity contribution in [3.63, 3.8) is 0 Å². The number of rotatable bonds is 3. The van der Waals surface area contributed by atoms with Crippen LogP contribution in [0, 0.1) is 5.41 Å². The predicted octanol–water partition coefficient (Wildman–Crippen LogP) is 2.02. The van der Waals surface area contributed by atoms with Crippen molar-refractivity contribution in [2.75, 3.05) is 6.61 Å². The molecule has 2 atom stereocenters. The topological polar surface area (TPSA) is 62.2 Å². The van der Waals surface area contributed by atoms with E-state index in [0.717, 1.165) is 19.3 Å². The highest BCUT2D eigenvalue weighted by atomic mass is 35.5. The number of nitrogens with zero attached hydrogens (tertiary/aromatic N) is 1. The Morgan fingerprint density at radius 1 is 1.67 bits per heavy atom. The monoisotopic (exact) mass is 268 g/mol. The third-order valence-corrected chi connectivity index (χ3v) is 3.91. The minimum absolute atomic E-state index is 0.00391. The second-order valence-electron chi connectivity index (χ2n) is 5.08. The molecule has 1 amide bonds.